The van der Waals surface area contributed by atoms with Crippen LogP contribution in [-0.4, -0.2) is 35.9 Å². The van der Waals surface area contributed by atoms with Crippen LogP contribution in [0.4, 0.5) is 0 Å². The third kappa shape index (κ3) is 2.75. The van der Waals surface area contributed by atoms with Crippen molar-refractivity contribution in [2.75, 3.05) is 20.1 Å². The largest absolute Gasteiger partial charge is 0.356 e. The lowest BCUT2D eigenvalue weighted by atomic mass is 10.3. The van der Waals surface area contributed by atoms with E-state index < -0.39 is 0 Å². The van der Waals surface area contributed by atoms with E-state index in [4.69, 9.17) is 17.3 Å². The minimum atomic E-state index is -0.0645. The number of carbonyl (C=O) groups excluding carboxylic acids is 1. The minimum absolute atomic E-state index is 0.0645. The molecule has 0 saturated heterocycles. The Morgan fingerprint density at radius 2 is 2.43 bits per heavy atom. The maximum atomic E-state index is 11.7. The summed E-state index contributed by atoms with van der Waals surface area (Å²) in [5.74, 6) is -0.0645. The summed E-state index contributed by atoms with van der Waals surface area (Å²) in [6, 6.07) is 1.61. The fourth-order valence-electron chi connectivity index (χ4n) is 1.13. The van der Waals surface area contributed by atoms with Crippen molar-refractivity contribution < 1.29 is 4.79 Å². The predicted octanol–water partition coefficient (Wildman–Crippen LogP) is 1.09. The number of carbonyl (C=O) groups is 1. The molecule has 1 rings (SSSR count). The summed E-state index contributed by atoms with van der Waals surface area (Å²) in [4.78, 5) is 16.1. The first kappa shape index (κ1) is 11.1. The van der Waals surface area contributed by atoms with Crippen molar-refractivity contribution in [1.29, 1.82) is 0 Å². The number of hydrogen-bond acceptors (Lipinski definition) is 2. The van der Waals surface area contributed by atoms with Gasteiger partial charge in [0.25, 0.3) is 5.91 Å². The van der Waals surface area contributed by atoms with Gasteiger partial charge in [0.15, 0.2) is 0 Å². The highest BCUT2D eigenvalue weighted by molar-refractivity contribution is 6.30. The Morgan fingerprint density at radius 1 is 1.71 bits per heavy atom. The summed E-state index contributed by atoms with van der Waals surface area (Å²) in [5.41, 5.74) is 5.86. The lowest BCUT2D eigenvalue weighted by Crippen LogP contribution is -2.29. The van der Waals surface area contributed by atoms with Gasteiger partial charge in [0.2, 0.25) is 0 Å². The van der Waals surface area contributed by atoms with Gasteiger partial charge in [-0.25, -0.2) is 0 Å². The van der Waals surface area contributed by atoms with Crippen LogP contribution in [0.25, 0.3) is 0 Å². The molecule has 1 aromatic rings. The lowest BCUT2D eigenvalue weighted by Gasteiger charge is -2.15. The molecule has 0 aliphatic heterocycles. The van der Waals surface area contributed by atoms with Gasteiger partial charge in [-0.3, -0.25) is 4.79 Å². The van der Waals surface area contributed by atoms with E-state index in [0.717, 1.165) is 6.42 Å². The highest BCUT2D eigenvalue weighted by Crippen LogP contribution is 2.10. The molecule has 0 atom stereocenters. The summed E-state index contributed by atoms with van der Waals surface area (Å²) < 4.78 is 0. The van der Waals surface area contributed by atoms with E-state index in [1.165, 1.54) is 0 Å². The lowest BCUT2D eigenvalue weighted by molar-refractivity contribution is 0.0789. The van der Waals surface area contributed by atoms with Gasteiger partial charge in [-0.15, -0.1) is 0 Å². The Balaban J connectivity index is 2.56. The summed E-state index contributed by atoms with van der Waals surface area (Å²) in [6.07, 6.45) is 2.39. The number of hydrogen-bond donors (Lipinski definition) is 2. The maximum absolute atomic E-state index is 11.7. The molecular formula is C9H14ClN3O. The van der Waals surface area contributed by atoms with Gasteiger partial charge in [0, 0.05) is 19.8 Å². The first-order valence-corrected chi connectivity index (χ1v) is 4.82. The zero-order valence-corrected chi connectivity index (χ0v) is 8.84. The molecule has 0 aliphatic carbocycles. The molecule has 14 heavy (non-hydrogen) atoms. The highest BCUT2D eigenvalue weighted by atomic mass is 35.5. The zero-order chi connectivity index (χ0) is 10.6. The van der Waals surface area contributed by atoms with E-state index in [2.05, 4.69) is 4.98 Å². The number of H-pyrrole nitrogens is 1. The van der Waals surface area contributed by atoms with Crippen LogP contribution < -0.4 is 5.73 Å². The Bertz CT molecular complexity index is 311. The minimum Gasteiger partial charge on any atom is -0.356 e. The van der Waals surface area contributed by atoms with E-state index in [1.807, 2.05) is 0 Å². The molecule has 0 radical (unpaired) electrons. The first-order valence-electron chi connectivity index (χ1n) is 4.44. The molecule has 1 aromatic heterocycles. The number of aromatic amines is 1. The summed E-state index contributed by atoms with van der Waals surface area (Å²) in [5, 5.41) is 0.542. The summed E-state index contributed by atoms with van der Waals surface area (Å²) in [7, 11) is 1.74. The molecule has 0 aliphatic rings. The Hall–Kier alpha value is -1.00. The molecule has 5 heteroatoms. The van der Waals surface area contributed by atoms with Crippen LogP contribution in [0.3, 0.4) is 0 Å². The third-order valence-corrected chi connectivity index (χ3v) is 2.14. The molecule has 0 bridgehead atoms. The molecule has 0 saturated carbocycles. The van der Waals surface area contributed by atoms with Crippen molar-refractivity contribution in [1.82, 2.24) is 9.88 Å². The molecule has 78 valence electrons. The summed E-state index contributed by atoms with van der Waals surface area (Å²) in [6.45, 7) is 1.25. The quantitative estimate of drug-likeness (QED) is 0.790. The average Bonchev–Trinajstić information content (AvgIpc) is 2.60. The number of rotatable bonds is 4. The van der Waals surface area contributed by atoms with Gasteiger partial charge < -0.3 is 15.6 Å². The molecule has 1 amide bonds. The number of nitrogens with one attached hydrogen (secondary N) is 1. The third-order valence-electron chi connectivity index (χ3n) is 1.92. The van der Waals surface area contributed by atoms with Gasteiger partial charge in [-0.2, -0.15) is 0 Å². The van der Waals surface area contributed by atoms with Gasteiger partial charge in [0.05, 0.1) is 5.02 Å². The number of nitrogens with two attached hydrogens (primary N) is 1. The first-order chi connectivity index (χ1) is 6.65. The number of aromatic nitrogens is 1. The SMILES string of the molecule is CN(CCCN)C(=O)c1cc(Cl)c[nH]1. The van der Waals surface area contributed by atoms with E-state index >= 15 is 0 Å². The molecular weight excluding hydrogens is 202 g/mol. The number of nitrogens with zero attached hydrogens (tertiary/aromatic N) is 1. The van der Waals surface area contributed by atoms with Gasteiger partial charge in [-0.1, -0.05) is 11.6 Å². The molecule has 0 spiro atoms. The number of amides is 1. The van der Waals surface area contributed by atoms with Crippen LogP contribution in [0.15, 0.2) is 12.3 Å². The Kier molecular flexibility index (Phi) is 3.98. The Morgan fingerprint density at radius 3 is 2.93 bits per heavy atom. The monoisotopic (exact) mass is 215 g/mol. The van der Waals surface area contributed by atoms with Crippen molar-refractivity contribution in [2.45, 2.75) is 6.42 Å². The average molecular weight is 216 g/mol. The van der Waals surface area contributed by atoms with E-state index in [0.29, 0.717) is 23.8 Å². The molecule has 3 N–H and O–H groups in total. The van der Waals surface area contributed by atoms with Crippen molar-refractivity contribution in [3.63, 3.8) is 0 Å². The Labute approximate surface area is 88.0 Å². The summed E-state index contributed by atoms with van der Waals surface area (Å²) >= 11 is 5.69. The smallest absolute Gasteiger partial charge is 0.270 e. The van der Waals surface area contributed by atoms with Crippen LogP contribution in [0.5, 0.6) is 0 Å². The van der Waals surface area contributed by atoms with Crippen LogP contribution >= 0.6 is 11.6 Å². The molecule has 1 heterocycles. The standard InChI is InChI=1S/C9H14ClN3O/c1-13(4-2-3-11)9(14)8-5-7(10)6-12-8/h5-6,12H,2-4,11H2,1H3. The van der Waals surface area contributed by atoms with Gasteiger partial charge >= 0.3 is 0 Å². The van der Waals surface area contributed by atoms with Crippen molar-refractivity contribution in [3.8, 4) is 0 Å². The van der Waals surface area contributed by atoms with Crippen LogP contribution in [0.2, 0.25) is 5.02 Å². The normalized spacial score (nSPS) is 10.2. The van der Waals surface area contributed by atoms with Crippen molar-refractivity contribution in [2.24, 2.45) is 5.73 Å². The molecule has 0 fully saturated rings. The van der Waals surface area contributed by atoms with Crippen molar-refractivity contribution >= 4 is 17.5 Å². The van der Waals surface area contributed by atoms with Gasteiger partial charge in [0.1, 0.15) is 5.69 Å². The second kappa shape index (κ2) is 5.02. The highest BCUT2D eigenvalue weighted by Gasteiger charge is 2.12. The van der Waals surface area contributed by atoms with Crippen LogP contribution in [0.1, 0.15) is 16.9 Å². The second-order valence-corrected chi connectivity index (χ2v) is 3.54. The molecule has 4 nitrogen and oxygen atoms in total. The van der Waals surface area contributed by atoms with Crippen LogP contribution in [-0.2, 0) is 0 Å². The fraction of sp³-hybridized carbons (Fsp3) is 0.444. The predicted molar refractivity (Wildman–Crippen MR) is 56.4 cm³/mol. The maximum Gasteiger partial charge on any atom is 0.270 e. The topological polar surface area (TPSA) is 62.1 Å². The van der Waals surface area contributed by atoms with Crippen molar-refractivity contribution in [3.05, 3.63) is 23.0 Å². The number of halogens is 1. The molecule has 0 unspecified atom stereocenters. The second-order valence-electron chi connectivity index (χ2n) is 3.10. The van der Waals surface area contributed by atoms with Gasteiger partial charge in [-0.05, 0) is 19.0 Å². The van der Waals surface area contributed by atoms with E-state index in [-0.39, 0.29) is 5.91 Å². The molecule has 0 aromatic carbocycles. The fourth-order valence-corrected chi connectivity index (χ4v) is 1.29. The van der Waals surface area contributed by atoms with Crippen LogP contribution in [0, 0.1) is 0 Å². The van der Waals surface area contributed by atoms with E-state index in [9.17, 15) is 4.79 Å². The van der Waals surface area contributed by atoms with E-state index in [1.54, 1.807) is 24.2 Å². The zero-order valence-electron chi connectivity index (χ0n) is 8.09.